The van der Waals surface area contributed by atoms with Crippen molar-refractivity contribution in [2.45, 2.75) is 52.2 Å². The Morgan fingerprint density at radius 2 is 1.95 bits per heavy atom. The Bertz CT molecular complexity index is 469. The van der Waals surface area contributed by atoms with Gasteiger partial charge in [0.05, 0.1) is 0 Å². The van der Waals surface area contributed by atoms with Crippen molar-refractivity contribution < 1.29 is 4.74 Å². The van der Waals surface area contributed by atoms with Crippen LogP contribution in [0.25, 0.3) is 0 Å². The van der Waals surface area contributed by atoms with Crippen molar-refractivity contribution in [3.63, 3.8) is 0 Å². The SMILES string of the molecule is CCn1c(C)nnc1N1CCN(C2CCOCC2)C[C@@H]1C. The minimum Gasteiger partial charge on any atom is -0.381 e. The van der Waals surface area contributed by atoms with Crippen LogP contribution in [0.5, 0.6) is 0 Å². The van der Waals surface area contributed by atoms with Crippen LogP contribution in [-0.2, 0) is 11.3 Å². The molecule has 0 aromatic carbocycles. The minimum absolute atomic E-state index is 0.482. The number of aryl methyl sites for hydroxylation is 1. The van der Waals surface area contributed by atoms with Gasteiger partial charge in [0.15, 0.2) is 0 Å². The van der Waals surface area contributed by atoms with E-state index in [1.807, 2.05) is 6.92 Å². The van der Waals surface area contributed by atoms with E-state index < -0.39 is 0 Å². The largest absolute Gasteiger partial charge is 0.381 e. The molecule has 0 amide bonds. The lowest BCUT2D eigenvalue weighted by Gasteiger charge is -2.44. The van der Waals surface area contributed by atoms with E-state index in [9.17, 15) is 0 Å². The van der Waals surface area contributed by atoms with E-state index in [1.165, 1.54) is 12.8 Å². The molecule has 118 valence electrons. The fourth-order valence-electron chi connectivity index (χ4n) is 3.62. The summed E-state index contributed by atoms with van der Waals surface area (Å²) in [6.45, 7) is 12.5. The molecule has 3 rings (SSSR count). The quantitative estimate of drug-likeness (QED) is 0.840. The van der Waals surface area contributed by atoms with Gasteiger partial charge in [0.25, 0.3) is 0 Å². The van der Waals surface area contributed by atoms with Gasteiger partial charge in [-0.3, -0.25) is 9.47 Å². The molecule has 2 saturated heterocycles. The molecule has 0 N–H and O–H groups in total. The van der Waals surface area contributed by atoms with Crippen molar-refractivity contribution in [1.29, 1.82) is 0 Å². The van der Waals surface area contributed by atoms with Crippen LogP contribution in [0.4, 0.5) is 5.95 Å². The summed E-state index contributed by atoms with van der Waals surface area (Å²) >= 11 is 0. The maximum absolute atomic E-state index is 5.48. The third-order valence-electron chi connectivity index (χ3n) is 4.86. The highest BCUT2D eigenvalue weighted by Gasteiger charge is 2.31. The summed E-state index contributed by atoms with van der Waals surface area (Å²) in [7, 11) is 0. The van der Waals surface area contributed by atoms with Crippen molar-refractivity contribution in [1.82, 2.24) is 19.7 Å². The van der Waals surface area contributed by atoms with Crippen molar-refractivity contribution in [2.24, 2.45) is 0 Å². The summed E-state index contributed by atoms with van der Waals surface area (Å²) in [5.41, 5.74) is 0. The zero-order chi connectivity index (χ0) is 14.8. The number of ether oxygens (including phenoxy) is 1. The molecule has 2 aliphatic heterocycles. The molecule has 21 heavy (non-hydrogen) atoms. The number of hydrogen-bond donors (Lipinski definition) is 0. The van der Waals surface area contributed by atoms with Crippen molar-refractivity contribution in [2.75, 3.05) is 37.7 Å². The molecular formula is C15H27N5O. The monoisotopic (exact) mass is 293 g/mol. The van der Waals surface area contributed by atoms with E-state index in [4.69, 9.17) is 4.74 Å². The first-order valence-electron chi connectivity index (χ1n) is 8.19. The number of rotatable bonds is 3. The molecule has 0 saturated carbocycles. The lowest BCUT2D eigenvalue weighted by atomic mass is 10.0. The van der Waals surface area contributed by atoms with Crippen LogP contribution in [0.2, 0.25) is 0 Å². The average molecular weight is 293 g/mol. The standard InChI is InChI=1S/C15H27N5O/c1-4-19-13(3)16-17-15(19)20-8-7-18(11-12(20)2)14-5-9-21-10-6-14/h12,14H,4-11H2,1-3H3/t12-/m0/s1. The van der Waals surface area contributed by atoms with Gasteiger partial charge in [-0.1, -0.05) is 0 Å². The minimum atomic E-state index is 0.482. The molecule has 2 fully saturated rings. The highest BCUT2D eigenvalue weighted by molar-refractivity contribution is 5.34. The summed E-state index contributed by atoms with van der Waals surface area (Å²) in [5.74, 6) is 2.04. The predicted octanol–water partition coefficient (Wildman–Crippen LogP) is 1.30. The Labute approximate surface area is 127 Å². The van der Waals surface area contributed by atoms with Crippen molar-refractivity contribution in [3.8, 4) is 0 Å². The molecule has 0 spiro atoms. The third-order valence-corrected chi connectivity index (χ3v) is 4.86. The van der Waals surface area contributed by atoms with Gasteiger partial charge in [-0.2, -0.15) is 0 Å². The number of anilines is 1. The molecule has 0 unspecified atom stereocenters. The maximum Gasteiger partial charge on any atom is 0.227 e. The van der Waals surface area contributed by atoms with Crippen molar-refractivity contribution in [3.05, 3.63) is 5.82 Å². The molecule has 1 atom stereocenters. The van der Waals surface area contributed by atoms with E-state index >= 15 is 0 Å². The first-order valence-corrected chi connectivity index (χ1v) is 8.19. The number of nitrogens with zero attached hydrogens (tertiary/aromatic N) is 5. The number of piperazine rings is 1. The van der Waals surface area contributed by atoms with Gasteiger partial charge in [0.2, 0.25) is 5.95 Å². The number of aromatic nitrogens is 3. The maximum atomic E-state index is 5.48. The van der Waals surface area contributed by atoms with Gasteiger partial charge in [-0.05, 0) is 33.6 Å². The second-order valence-electron chi connectivity index (χ2n) is 6.17. The predicted molar refractivity (Wildman–Crippen MR) is 82.7 cm³/mol. The van der Waals surface area contributed by atoms with Crippen LogP contribution >= 0.6 is 0 Å². The highest BCUT2D eigenvalue weighted by atomic mass is 16.5. The summed E-state index contributed by atoms with van der Waals surface area (Å²) in [5, 5.41) is 8.65. The summed E-state index contributed by atoms with van der Waals surface area (Å²) in [4.78, 5) is 5.06. The smallest absolute Gasteiger partial charge is 0.227 e. The average Bonchev–Trinajstić information content (AvgIpc) is 2.88. The van der Waals surface area contributed by atoms with Gasteiger partial charge in [0, 0.05) is 51.5 Å². The Morgan fingerprint density at radius 3 is 2.62 bits per heavy atom. The lowest BCUT2D eigenvalue weighted by molar-refractivity contribution is 0.0278. The van der Waals surface area contributed by atoms with Crippen LogP contribution < -0.4 is 4.90 Å². The highest BCUT2D eigenvalue weighted by Crippen LogP contribution is 2.23. The molecule has 6 nitrogen and oxygen atoms in total. The van der Waals surface area contributed by atoms with Crippen LogP contribution in [0.1, 0.15) is 32.5 Å². The van der Waals surface area contributed by atoms with Crippen LogP contribution in [0.3, 0.4) is 0 Å². The Balaban J connectivity index is 1.68. The zero-order valence-corrected chi connectivity index (χ0v) is 13.5. The van der Waals surface area contributed by atoms with Gasteiger partial charge >= 0.3 is 0 Å². The van der Waals surface area contributed by atoms with E-state index in [2.05, 4.69) is 38.4 Å². The Kier molecular flexibility index (Phi) is 4.45. The fraction of sp³-hybridized carbons (Fsp3) is 0.867. The second-order valence-corrected chi connectivity index (χ2v) is 6.17. The molecule has 0 bridgehead atoms. The van der Waals surface area contributed by atoms with E-state index in [1.54, 1.807) is 0 Å². The molecule has 0 aliphatic carbocycles. The van der Waals surface area contributed by atoms with E-state index in [-0.39, 0.29) is 0 Å². The second kappa shape index (κ2) is 6.32. The molecule has 3 heterocycles. The molecule has 6 heteroatoms. The van der Waals surface area contributed by atoms with E-state index in [0.717, 1.165) is 51.2 Å². The van der Waals surface area contributed by atoms with Crippen molar-refractivity contribution >= 4 is 5.95 Å². The Hall–Kier alpha value is -1.14. The molecule has 1 aromatic rings. The summed E-state index contributed by atoms with van der Waals surface area (Å²) in [6.07, 6.45) is 2.36. The molecule has 0 radical (unpaired) electrons. The van der Waals surface area contributed by atoms with Crippen LogP contribution in [0.15, 0.2) is 0 Å². The Morgan fingerprint density at radius 1 is 1.19 bits per heavy atom. The lowest BCUT2D eigenvalue weighted by Crippen LogP contribution is -2.56. The molecule has 1 aromatic heterocycles. The van der Waals surface area contributed by atoms with Gasteiger partial charge < -0.3 is 9.64 Å². The molecular weight excluding hydrogens is 266 g/mol. The van der Waals surface area contributed by atoms with Gasteiger partial charge in [-0.15, -0.1) is 10.2 Å². The summed E-state index contributed by atoms with van der Waals surface area (Å²) in [6, 6.07) is 1.18. The fourth-order valence-corrected chi connectivity index (χ4v) is 3.62. The normalized spacial score (nSPS) is 25.5. The van der Waals surface area contributed by atoms with Crippen LogP contribution in [0, 0.1) is 6.92 Å². The molecule has 2 aliphatic rings. The third kappa shape index (κ3) is 2.92. The van der Waals surface area contributed by atoms with E-state index in [0.29, 0.717) is 12.1 Å². The topological polar surface area (TPSA) is 46.4 Å². The van der Waals surface area contributed by atoms with Crippen LogP contribution in [-0.4, -0.2) is 64.6 Å². The first kappa shape index (κ1) is 14.8. The number of hydrogen-bond acceptors (Lipinski definition) is 5. The van der Waals surface area contributed by atoms with Gasteiger partial charge in [0.1, 0.15) is 5.82 Å². The zero-order valence-electron chi connectivity index (χ0n) is 13.5. The van der Waals surface area contributed by atoms with Gasteiger partial charge in [-0.25, -0.2) is 0 Å². The summed E-state index contributed by atoms with van der Waals surface area (Å²) < 4.78 is 7.69. The first-order chi connectivity index (χ1) is 10.2.